The van der Waals surface area contributed by atoms with Crippen LogP contribution in [0.2, 0.25) is 0 Å². The molecule has 1 aliphatic carbocycles. The van der Waals surface area contributed by atoms with Gasteiger partial charge in [-0.05, 0) is 19.8 Å². The molecular weight excluding hydrogens is 474 g/mol. The van der Waals surface area contributed by atoms with Crippen LogP contribution in [0.5, 0.6) is 0 Å². The van der Waals surface area contributed by atoms with Gasteiger partial charge < -0.3 is 9.47 Å². The van der Waals surface area contributed by atoms with Crippen molar-refractivity contribution in [3.63, 3.8) is 0 Å². The molecule has 1 atom stereocenters. The average molecular weight is 492 g/mol. The molecule has 1 heterocycles. The molecule has 0 amide bonds. The van der Waals surface area contributed by atoms with Gasteiger partial charge in [0.15, 0.2) is 5.79 Å². The number of hydrogen-bond acceptors (Lipinski definition) is 2. The van der Waals surface area contributed by atoms with E-state index in [9.17, 15) is 0 Å². The monoisotopic (exact) mass is 492 g/mol. The Labute approximate surface area is 192 Å². The van der Waals surface area contributed by atoms with Crippen molar-refractivity contribution in [2.75, 3.05) is 13.2 Å². The van der Waals surface area contributed by atoms with Gasteiger partial charge in [0.1, 0.15) is 0 Å². The Morgan fingerprint density at radius 1 is 0.931 bits per heavy atom. The summed E-state index contributed by atoms with van der Waals surface area (Å²) in [6.45, 7) is 30.5. The number of terminal acetylenes is 1. The molecule has 2 aliphatic rings. The Balaban J connectivity index is -0.0000000601. The number of ether oxygens (including phenoxy) is 2. The van der Waals surface area contributed by atoms with Gasteiger partial charge in [-0.25, -0.2) is 0 Å². The molecule has 10 heteroatoms. The van der Waals surface area contributed by atoms with E-state index in [1.165, 1.54) is 5.57 Å². The normalized spacial score (nSPS) is 17.0. The molecule has 1 spiro atoms. The second-order valence-electron chi connectivity index (χ2n) is 4.26. The fourth-order valence-electron chi connectivity index (χ4n) is 2.60. The largest absolute Gasteiger partial charge is 0 e. The molecule has 0 N–H and O–H groups in total. The Bertz CT molecular complexity index is 486. The first-order chi connectivity index (χ1) is 13.3. The van der Waals surface area contributed by atoms with E-state index in [2.05, 4.69) is 58.8 Å². The third kappa shape index (κ3) is 19.8. The maximum atomic E-state index is 7.50. The van der Waals surface area contributed by atoms with Crippen molar-refractivity contribution in [1.82, 2.24) is 0 Å². The minimum Gasteiger partial charge on any atom is 0 e. The zero-order valence-corrected chi connectivity index (χ0v) is 17.5. The molecule has 160 valence electrons. The minimum atomic E-state index is -0.362. The van der Waals surface area contributed by atoms with E-state index >= 15 is 0 Å². The summed E-state index contributed by atoms with van der Waals surface area (Å²) >= 11 is 0. The van der Waals surface area contributed by atoms with Crippen molar-refractivity contribution in [3.05, 3.63) is 51.6 Å². The van der Waals surface area contributed by atoms with Crippen molar-refractivity contribution >= 4 is 0 Å². The summed E-state index contributed by atoms with van der Waals surface area (Å²) in [5.41, 5.74) is 1.49. The molecule has 29 heavy (non-hydrogen) atoms. The third-order valence-electron chi connectivity index (χ3n) is 3.47. The summed E-state index contributed by atoms with van der Waals surface area (Å²) in [5, 5.41) is 0. The molecule has 1 unspecified atom stereocenters. The van der Waals surface area contributed by atoms with E-state index in [1.54, 1.807) is 0 Å². The van der Waals surface area contributed by atoms with Gasteiger partial charge in [0.2, 0.25) is 0 Å². The van der Waals surface area contributed by atoms with Crippen LogP contribution in [-0.2, 0) is 70.9 Å². The van der Waals surface area contributed by atoms with Gasteiger partial charge in [-0.1, -0.05) is 11.6 Å². The molecule has 8 nitrogen and oxygen atoms in total. The third-order valence-corrected chi connectivity index (χ3v) is 3.47. The first-order valence-corrected chi connectivity index (χ1v) is 6.88. The molecule has 2 fully saturated rings. The number of hydrogen-bond donors (Lipinski definition) is 0. The summed E-state index contributed by atoms with van der Waals surface area (Å²) in [5.74, 6) is 2.72. The van der Waals surface area contributed by atoms with Crippen LogP contribution in [0.1, 0.15) is 32.6 Å². The molecule has 1 saturated carbocycles. The minimum absolute atomic E-state index is 0. The molecule has 0 aromatic rings. The number of rotatable bonds is 1. The van der Waals surface area contributed by atoms with Crippen molar-refractivity contribution in [1.29, 1.82) is 0 Å². The van der Waals surface area contributed by atoms with E-state index < -0.39 is 0 Å². The molecule has 1 aliphatic heterocycles. The van der Waals surface area contributed by atoms with Crippen LogP contribution in [-0.4, -0.2) is 19.0 Å². The SMILES string of the molecule is C#CCC1C/C(=C/C)CCC12OCCO2.[C-]#[O+].[C-]#[O+].[C-]#[O+].[C-]#[O+].[C-]#[O+].[C-]#[O+].[Co].[Co]. The van der Waals surface area contributed by atoms with Crippen molar-refractivity contribution in [2.45, 2.75) is 38.4 Å². The van der Waals surface area contributed by atoms with Gasteiger partial charge in [0, 0.05) is 52.3 Å². The van der Waals surface area contributed by atoms with Crippen LogP contribution in [0.4, 0.5) is 0 Å². The van der Waals surface area contributed by atoms with Crippen LogP contribution < -0.4 is 0 Å². The van der Waals surface area contributed by atoms with Gasteiger partial charge in [-0.2, -0.15) is 0 Å². The number of allylic oxidation sites excluding steroid dienone is 2. The van der Waals surface area contributed by atoms with Gasteiger partial charge in [0.05, 0.1) is 13.2 Å². The van der Waals surface area contributed by atoms with Gasteiger partial charge in [-0.3, -0.25) is 0 Å². The van der Waals surface area contributed by atoms with E-state index in [4.69, 9.17) is 43.8 Å². The van der Waals surface area contributed by atoms with Crippen LogP contribution >= 0.6 is 0 Å². The predicted octanol–water partition coefficient (Wildman–Crippen LogP) is 2.27. The summed E-state index contributed by atoms with van der Waals surface area (Å²) in [4.78, 5) is 0. The van der Waals surface area contributed by atoms with Gasteiger partial charge >= 0.3 is 67.8 Å². The van der Waals surface area contributed by atoms with Crippen LogP contribution in [0.15, 0.2) is 11.6 Å². The Morgan fingerprint density at radius 3 is 1.62 bits per heavy atom. The standard InChI is InChI=1S/C13H18O2.6CO.2Co/c1-3-5-12-10-11(4-2)6-7-13(12)14-8-9-15-13;6*1-2;;/h1,4,12H,5-10H2,2H3;;;;;;;;/b11-4+;;;;;;;;. The molecule has 2 radical (unpaired) electrons. The summed E-state index contributed by atoms with van der Waals surface area (Å²) in [6, 6.07) is 0. The van der Waals surface area contributed by atoms with Crippen LogP contribution in [0.3, 0.4) is 0 Å². The molecule has 2 rings (SSSR count). The molecule has 0 bridgehead atoms. The summed E-state index contributed by atoms with van der Waals surface area (Å²) < 4.78 is 56.6. The maximum Gasteiger partial charge on any atom is 0 e. The van der Waals surface area contributed by atoms with Gasteiger partial charge in [-0.15, -0.1) is 12.3 Å². The molecule has 1 saturated heterocycles. The van der Waals surface area contributed by atoms with Crippen LogP contribution in [0, 0.1) is 58.2 Å². The fraction of sp³-hybridized carbons (Fsp3) is 0.474. The Morgan fingerprint density at radius 2 is 1.31 bits per heavy atom. The summed E-state index contributed by atoms with van der Waals surface area (Å²) in [7, 11) is 0. The zero-order chi connectivity index (χ0) is 22.7. The van der Waals surface area contributed by atoms with Crippen LogP contribution in [0.25, 0.3) is 0 Å². The first-order valence-electron chi connectivity index (χ1n) is 6.88. The zero-order valence-electron chi connectivity index (χ0n) is 15.4. The predicted molar refractivity (Wildman–Crippen MR) is 82.8 cm³/mol. The quantitative estimate of drug-likeness (QED) is 0.240. The van der Waals surface area contributed by atoms with E-state index in [0.717, 1.165) is 25.7 Å². The van der Waals surface area contributed by atoms with E-state index in [1.807, 2.05) is 0 Å². The molecular formula is C19H18Co2O8. The van der Waals surface area contributed by atoms with Crippen molar-refractivity contribution in [2.24, 2.45) is 5.92 Å². The topological polar surface area (TPSA) is 138 Å². The molecule has 0 aromatic heterocycles. The second kappa shape index (κ2) is 41.1. The fourth-order valence-corrected chi connectivity index (χ4v) is 2.60. The Hall–Kier alpha value is -1.33. The molecule has 0 aromatic carbocycles. The van der Waals surface area contributed by atoms with Gasteiger partial charge in [0.25, 0.3) is 0 Å². The van der Waals surface area contributed by atoms with Crippen molar-refractivity contribution < 1.29 is 70.9 Å². The summed E-state index contributed by atoms with van der Waals surface area (Å²) in [6.07, 6.45) is 11.4. The van der Waals surface area contributed by atoms with E-state index in [0.29, 0.717) is 19.1 Å². The maximum absolute atomic E-state index is 7.50. The second-order valence-corrected chi connectivity index (χ2v) is 4.26. The average Bonchev–Trinajstić information content (AvgIpc) is 3.28. The van der Waals surface area contributed by atoms with Crippen molar-refractivity contribution in [3.8, 4) is 12.3 Å². The van der Waals surface area contributed by atoms with E-state index in [-0.39, 0.29) is 39.3 Å². The first kappa shape index (κ1) is 46.1. The smallest absolute Gasteiger partial charge is 0 e. The Kier molecular flexibility index (Phi) is 65.3.